The fourth-order valence-corrected chi connectivity index (χ4v) is 2.33. The minimum absolute atomic E-state index is 0.0147. The van der Waals surface area contributed by atoms with Crippen molar-refractivity contribution < 1.29 is 9.53 Å². The first kappa shape index (κ1) is 14.7. The average Bonchev–Trinajstić information content (AvgIpc) is 2.46. The van der Waals surface area contributed by atoms with Gasteiger partial charge in [0.05, 0.1) is 5.69 Å². The van der Waals surface area contributed by atoms with Gasteiger partial charge in [-0.2, -0.15) is 0 Å². The number of hydrogen-bond acceptors (Lipinski definition) is 4. The van der Waals surface area contributed by atoms with E-state index in [2.05, 4.69) is 17.3 Å². The van der Waals surface area contributed by atoms with Crippen molar-refractivity contribution in [3.63, 3.8) is 0 Å². The molecule has 20 heavy (non-hydrogen) atoms. The average molecular weight is 277 g/mol. The zero-order chi connectivity index (χ0) is 14.4. The molecule has 1 fully saturated rings. The van der Waals surface area contributed by atoms with Gasteiger partial charge in [0.25, 0.3) is 5.91 Å². The van der Waals surface area contributed by atoms with Crippen molar-refractivity contribution in [2.45, 2.75) is 12.8 Å². The van der Waals surface area contributed by atoms with Gasteiger partial charge in [-0.05, 0) is 51.0 Å². The number of nitrogens with zero attached hydrogens (tertiary/aromatic N) is 1. The summed E-state index contributed by atoms with van der Waals surface area (Å²) in [5, 5.41) is 2.93. The highest BCUT2D eigenvalue weighted by Gasteiger charge is 2.17. The summed E-state index contributed by atoms with van der Waals surface area (Å²) >= 11 is 0. The second-order valence-corrected chi connectivity index (χ2v) is 5.38. The number of piperidine rings is 1. The molecule has 0 saturated carbocycles. The van der Waals surface area contributed by atoms with E-state index in [1.807, 2.05) is 12.1 Å². The molecule has 1 aromatic rings. The number of hydrogen-bond donors (Lipinski definition) is 2. The van der Waals surface area contributed by atoms with Crippen LogP contribution in [0.3, 0.4) is 0 Å². The SMILES string of the molecule is CN1CCC(CNC(=O)COc2ccccc2N)CC1. The Bertz CT molecular complexity index is 442. The van der Waals surface area contributed by atoms with Gasteiger partial charge in [0.15, 0.2) is 6.61 Å². The molecule has 5 nitrogen and oxygen atoms in total. The normalized spacial score (nSPS) is 16.9. The third-order valence-electron chi connectivity index (χ3n) is 3.70. The van der Waals surface area contributed by atoms with Gasteiger partial charge in [-0.3, -0.25) is 4.79 Å². The van der Waals surface area contributed by atoms with Gasteiger partial charge in [0.1, 0.15) is 5.75 Å². The fourth-order valence-electron chi connectivity index (χ4n) is 2.33. The second kappa shape index (κ2) is 7.14. The maximum absolute atomic E-state index is 11.7. The molecule has 3 N–H and O–H groups in total. The molecule has 1 aromatic carbocycles. The van der Waals surface area contributed by atoms with Crippen LogP contribution in [0, 0.1) is 5.92 Å². The molecular formula is C15H23N3O2. The number of amides is 1. The number of nitrogen functional groups attached to an aromatic ring is 1. The summed E-state index contributed by atoms with van der Waals surface area (Å²) in [6.07, 6.45) is 2.28. The third-order valence-corrected chi connectivity index (χ3v) is 3.70. The Morgan fingerprint density at radius 3 is 2.80 bits per heavy atom. The van der Waals surface area contributed by atoms with Crippen molar-refractivity contribution in [2.75, 3.05) is 39.0 Å². The van der Waals surface area contributed by atoms with E-state index >= 15 is 0 Å². The lowest BCUT2D eigenvalue weighted by Crippen LogP contribution is -2.38. The van der Waals surface area contributed by atoms with Crippen LogP contribution < -0.4 is 15.8 Å². The Kier molecular flexibility index (Phi) is 5.24. The molecule has 1 saturated heterocycles. The first-order valence-corrected chi connectivity index (χ1v) is 7.07. The number of benzene rings is 1. The van der Waals surface area contributed by atoms with E-state index in [0.717, 1.165) is 32.5 Å². The highest BCUT2D eigenvalue weighted by atomic mass is 16.5. The molecule has 1 aliphatic heterocycles. The number of carbonyl (C=O) groups is 1. The van der Waals surface area contributed by atoms with Crippen molar-refractivity contribution in [2.24, 2.45) is 5.92 Å². The minimum atomic E-state index is -0.0906. The Balaban J connectivity index is 1.67. The lowest BCUT2D eigenvalue weighted by molar-refractivity contribution is -0.123. The van der Waals surface area contributed by atoms with E-state index in [1.54, 1.807) is 12.1 Å². The molecule has 0 aromatic heterocycles. The van der Waals surface area contributed by atoms with Crippen LogP contribution in [0.4, 0.5) is 5.69 Å². The van der Waals surface area contributed by atoms with Crippen molar-refractivity contribution in [3.8, 4) is 5.75 Å². The molecule has 1 heterocycles. The van der Waals surface area contributed by atoms with E-state index < -0.39 is 0 Å². The number of ether oxygens (including phenoxy) is 1. The van der Waals surface area contributed by atoms with Crippen LogP contribution in [0.15, 0.2) is 24.3 Å². The number of rotatable bonds is 5. The number of nitrogens with two attached hydrogens (primary N) is 1. The van der Waals surface area contributed by atoms with Gasteiger partial charge in [-0.25, -0.2) is 0 Å². The number of anilines is 1. The van der Waals surface area contributed by atoms with E-state index in [4.69, 9.17) is 10.5 Å². The van der Waals surface area contributed by atoms with Gasteiger partial charge < -0.3 is 20.7 Å². The molecule has 0 atom stereocenters. The van der Waals surface area contributed by atoms with Crippen LogP contribution >= 0.6 is 0 Å². The molecule has 0 spiro atoms. The summed E-state index contributed by atoms with van der Waals surface area (Å²) < 4.78 is 5.41. The largest absolute Gasteiger partial charge is 0.482 e. The predicted octanol–water partition coefficient (Wildman–Crippen LogP) is 1.11. The second-order valence-electron chi connectivity index (χ2n) is 5.38. The van der Waals surface area contributed by atoms with Crippen LogP contribution in [0.25, 0.3) is 0 Å². The van der Waals surface area contributed by atoms with Crippen LogP contribution in [-0.4, -0.2) is 44.1 Å². The zero-order valence-corrected chi connectivity index (χ0v) is 12.0. The van der Waals surface area contributed by atoms with Gasteiger partial charge in [-0.15, -0.1) is 0 Å². The van der Waals surface area contributed by atoms with Crippen LogP contribution in [-0.2, 0) is 4.79 Å². The number of para-hydroxylation sites is 2. The maximum atomic E-state index is 11.7. The van der Waals surface area contributed by atoms with E-state index in [-0.39, 0.29) is 12.5 Å². The lowest BCUT2D eigenvalue weighted by atomic mass is 9.97. The van der Waals surface area contributed by atoms with E-state index in [9.17, 15) is 4.79 Å². The van der Waals surface area contributed by atoms with E-state index in [1.165, 1.54) is 0 Å². The Morgan fingerprint density at radius 1 is 1.40 bits per heavy atom. The van der Waals surface area contributed by atoms with E-state index in [0.29, 0.717) is 17.4 Å². The van der Waals surface area contributed by atoms with Crippen molar-refractivity contribution in [1.29, 1.82) is 0 Å². The summed E-state index contributed by atoms with van der Waals surface area (Å²) in [5.41, 5.74) is 6.30. The number of nitrogens with one attached hydrogen (secondary N) is 1. The lowest BCUT2D eigenvalue weighted by Gasteiger charge is -2.28. The smallest absolute Gasteiger partial charge is 0.257 e. The number of carbonyl (C=O) groups excluding carboxylic acids is 1. The van der Waals surface area contributed by atoms with Crippen LogP contribution in [0.5, 0.6) is 5.75 Å². The fraction of sp³-hybridized carbons (Fsp3) is 0.533. The molecule has 0 unspecified atom stereocenters. The van der Waals surface area contributed by atoms with Crippen LogP contribution in [0.2, 0.25) is 0 Å². The summed E-state index contributed by atoms with van der Waals surface area (Å²) in [6, 6.07) is 7.19. The quantitative estimate of drug-likeness (QED) is 0.791. The molecular weight excluding hydrogens is 254 g/mol. The summed E-state index contributed by atoms with van der Waals surface area (Å²) in [4.78, 5) is 14.1. The minimum Gasteiger partial charge on any atom is -0.482 e. The molecule has 2 rings (SSSR count). The Morgan fingerprint density at radius 2 is 2.10 bits per heavy atom. The number of likely N-dealkylation sites (tertiary alicyclic amines) is 1. The highest BCUT2D eigenvalue weighted by molar-refractivity contribution is 5.77. The topological polar surface area (TPSA) is 67.6 Å². The van der Waals surface area contributed by atoms with Gasteiger partial charge in [0.2, 0.25) is 0 Å². The zero-order valence-electron chi connectivity index (χ0n) is 12.0. The molecule has 0 bridgehead atoms. The standard InChI is InChI=1S/C15H23N3O2/c1-18-8-6-12(7-9-18)10-17-15(19)11-20-14-5-3-2-4-13(14)16/h2-5,12H,6-11,16H2,1H3,(H,17,19). The molecule has 110 valence electrons. The van der Waals surface area contributed by atoms with Gasteiger partial charge in [-0.1, -0.05) is 12.1 Å². The molecule has 0 aliphatic carbocycles. The molecule has 0 radical (unpaired) electrons. The third kappa shape index (κ3) is 4.42. The molecule has 1 aliphatic rings. The maximum Gasteiger partial charge on any atom is 0.257 e. The van der Waals surface area contributed by atoms with Gasteiger partial charge in [0, 0.05) is 6.54 Å². The van der Waals surface area contributed by atoms with Crippen molar-refractivity contribution in [3.05, 3.63) is 24.3 Å². The monoisotopic (exact) mass is 277 g/mol. The molecule has 1 amide bonds. The van der Waals surface area contributed by atoms with Crippen molar-refractivity contribution in [1.82, 2.24) is 10.2 Å². The van der Waals surface area contributed by atoms with Crippen molar-refractivity contribution >= 4 is 11.6 Å². The van der Waals surface area contributed by atoms with Crippen LogP contribution in [0.1, 0.15) is 12.8 Å². The summed E-state index contributed by atoms with van der Waals surface area (Å²) in [5.74, 6) is 1.05. The molecule has 5 heteroatoms. The first-order valence-electron chi connectivity index (χ1n) is 7.07. The Hall–Kier alpha value is -1.75. The summed E-state index contributed by atoms with van der Waals surface area (Å²) in [7, 11) is 2.13. The highest BCUT2D eigenvalue weighted by Crippen LogP contribution is 2.19. The predicted molar refractivity (Wildman–Crippen MR) is 79.6 cm³/mol. The van der Waals surface area contributed by atoms with Gasteiger partial charge >= 0.3 is 0 Å². The summed E-state index contributed by atoms with van der Waals surface area (Å²) in [6.45, 7) is 2.97. The Labute approximate surface area is 120 Å². The first-order chi connectivity index (χ1) is 9.65.